The molecular weight excluding hydrogens is 436 g/mol. The van der Waals surface area contributed by atoms with E-state index >= 15 is 0 Å². The van der Waals surface area contributed by atoms with Gasteiger partial charge >= 0.3 is 12.1 Å². The molecule has 3 rings (SSSR count). The number of nitrogens with zero attached hydrogens (tertiary/aromatic N) is 1. The molecule has 2 heterocycles. The number of rotatable bonds is 5. The van der Waals surface area contributed by atoms with Gasteiger partial charge in [-0.15, -0.1) is 0 Å². The van der Waals surface area contributed by atoms with Gasteiger partial charge in [-0.2, -0.15) is 13.2 Å². The van der Waals surface area contributed by atoms with Crippen molar-refractivity contribution in [3.05, 3.63) is 53.6 Å². The largest absolute Gasteiger partial charge is 0.496 e. The van der Waals surface area contributed by atoms with E-state index in [2.05, 4.69) is 15.0 Å². The molecule has 0 spiro atoms. The van der Waals surface area contributed by atoms with Gasteiger partial charge in [-0.1, -0.05) is 6.07 Å². The number of anilines is 1. The number of methoxy groups -OCH3 is 2. The molecule has 0 saturated carbocycles. The van der Waals surface area contributed by atoms with Crippen molar-refractivity contribution in [2.24, 2.45) is 0 Å². The summed E-state index contributed by atoms with van der Waals surface area (Å²) in [4.78, 5) is 28.4. The third-order valence-electron chi connectivity index (χ3n) is 5.24. The zero-order chi connectivity index (χ0) is 23.7. The number of benzene rings is 1. The number of halogens is 4. The Morgan fingerprint density at radius 1 is 1.22 bits per heavy atom. The van der Waals surface area contributed by atoms with Crippen LogP contribution in [0, 0.1) is 5.82 Å². The second-order valence-corrected chi connectivity index (χ2v) is 7.37. The number of amides is 1. The summed E-state index contributed by atoms with van der Waals surface area (Å²) in [6, 6.07) is 5.94. The lowest BCUT2D eigenvalue weighted by Crippen LogP contribution is -2.43. The number of carbonyl (C=O) groups excluding carboxylic acids is 2. The Hall–Kier alpha value is -3.21. The smallest absolute Gasteiger partial charge is 0.417 e. The molecule has 1 aliphatic rings. The highest BCUT2D eigenvalue weighted by molar-refractivity contribution is 5.96. The zero-order valence-corrected chi connectivity index (χ0v) is 17.3. The minimum absolute atomic E-state index is 0.000266. The summed E-state index contributed by atoms with van der Waals surface area (Å²) in [5, 5.41) is 2.45. The lowest BCUT2D eigenvalue weighted by Gasteiger charge is -2.27. The average Bonchev–Trinajstić information content (AvgIpc) is 3.12. The molecule has 0 unspecified atom stereocenters. The Morgan fingerprint density at radius 2 is 1.94 bits per heavy atom. The van der Waals surface area contributed by atoms with Gasteiger partial charge in [-0.3, -0.25) is 4.79 Å². The normalized spacial score (nSPS) is 23.0. The summed E-state index contributed by atoms with van der Waals surface area (Å²) in [5.41, 5.74) is -2.41. The predicted octanol–water partition coefficient (Wildman–Crippen LogP) is 3.85. The van der Waals surface area contributed by atoms with E-state index in [0.29, 0.717) is 0 Å². The molecule has 1 saturated heterocycles. The highest BCUT2D eigenvalue weighted by Gasteiger charge is 2.61. The van der Waals surface area contributed by atoms with Gasteiger partial charge in [0.1, 0.15) is 23.4 Å². The standard InChI is InChI=1S/C21H20F4N2O5/c1-20(21(23,24)25)10-14(13-5-4-11(22)8-16(13)30-2)17(32-20)18(28)27-12-6-7-26-15(9-12)19(29)31-3/h4-9,14,17H,10H2,1-3H3,(H,26,27,28)/t14-,17+,20+/m0/s1. The molecule has 0 radical (unpaired) electrons. The molecule has 1 aromatic heterocycles. The van der Waals surface area contributed by atoms with Crippen LogP contribution in [-0.2, 0) is 14.3 Å². The van der Waals surface area contributed by atoms with Gasteiger partial charge in [-0.05, 0) is 31.5 Å². The van der Waals surface area contributed by atoms with Gasteiger partial charge in [0.15, 0.2) is 5.60 Å². The summed E-state index contributed by atoms with van der Waals surface area (Å²) in [6.45, 7) is 0.852. The number of nitrogens with one attached hydrogen (secondary N) is 1. The van der Waals surface area contributed by atoms with Crippen molar-refractivity contribution >= 4 is 17.6 Å². The maximum Gasteiger partial charge on any atom is 0.417 e. The molecule has 1 fully saturated rings. The van der Waals surface area contributed by atoms with Crippen LogP contribution in [0.4, 0.5) is 23.2 Å². The minimum atomic E-state index is -4.76. The van der Waals surface area contributed by atoms with Crippen molar-refractivity contribution < 1.29 is 41.4 Å². The van der Waals surface area contributed by atoms with E-state index in [0.717, 1.165) is 26.2 Å². The molecule has 172 valence electrons. The lowest BCUT2D eigenvalue weighted by atomic mass is 9.86. The number of ether oxygens (including phenoxy) is 3. The fourth-order valence-electron chi connectivity index (χ4n) is 3.56. The van der Waals surface area contributed by atoms with E-state index in [4.69, 9.17) is 9.47 Å². The van der Waals surface area contributed by atoms with Crippen molar-refractivity contribution in [3.63, 3.8) is 0 Å². The van der Waals surface area contributed by atoms with Gasteiger partial charge in [0.05, 0.1) is 14.2 Å². The highest BCUT2D eigenvalue weighted by Crippen LogP contribution is 2.51. The monoisotopic (exact) mass is 456 g/mol. The molecule has 1 aliphatic heterocycles. The summed E-state index contributed by atoms with van der Waals surface area (Å²) >= 11 is 0. The van der Waals surface area contributed by atoms with Crippen LogP contribution in [0.5, 0.6) is 5.75 Å². The van der Waals surface area contributed by atoms with Crippen LogP contribution in [0.2, 0.25) is 0 Å². The van der Waals surface area contributed by atoms with E-state index in [1.54, 1.807) is 0 Å². The quantitative estimate of drug-likeness (QED) is 0.544. The first-order chi connectivity index (χ1) is 15.0. The van der Waals surface area contributed by atoms with Crippen LogP contribution in [0.3, 0.4) is 0 Å². The highest BCUT2D eigenvalue weighted by atomic mass is 19.4. The van der Waals surface area contributed by atoms with Gasteiger partial charge in [0.2, 0.25) is 0 Å². The van der Waals surface area contributed by atoms with Gasteiger partial charge in [0, 0.05) is 29.4 Å². The molecule has 7 nitrogen and oxygen atoms in total. The number of alkyl halides is 3. The summed E-state index contributed by atoms with van der Waals surface area (Å²) < 4.78 is 69.7. The van der Waals surface area contributed by atoms with Crippen LogP contribution in [0.1, 0.15) is 35.3 Å². The second-order valence-electron chi connectivity index (χ2n) is 7.37. The number of hydrogen-bond donors (Lipinski definition) is 1. The first-order valence-corrected chi connectivity index (χ1v) is 9.42. The zero-order valence-electron chi connectivity index (χ0n) is 17.3. The molecule has 1 N–H and O–H groups in total. The Kier molecular flexibility index (Phi) is 6.40. The van der Waals surface area contributed by atoms with Crippen LogP contribution < -0.4 is 10.1 Å². The molecule has 11 heteroatoms. The average molecular weight is 456 g/mol. The minimum Gasteiger partial charge on any atom is -0.496 e. The first-order valence-electron chi connectivity index (χ1n) is 9.42. The molecule has 0 aliphatic carbocycles. The van der Waals surface area contributed by atoms with Crippen LogP contribution >= 0.6 is 0 Å². The Labute approximate surface area is 180 Å². The molecule has 1 amide bonds. The predicted molar refractivity (Wildman–Crippen MR) is 104 cm³/mol. The SMILES string of the molecule is COC(=O)c1cc(NC(=O)[C@@H]2O[C@@](C)(C(F)(F)F)C[C@H]2c2ccc(F)cc2OC)ccn1. The van der Waals surface area contributed by atoms with Crippen molar-refractivity contribution in [1.82, 2.24) is 4.98 Å². The van der Waals surface area contributed by atoms with Crippen LogP contribution in [-0.4, -0.2) is 49.0 Å². The van der Waals surface area contributed by atoms with Crippen LogP contribution in [0.25, 0.3) is 0 Å². The third kappa shape index (κ3) is 4.52. The number of esters is 1. The number of pyridine rings is 1. The molecule has 3 atom stereocenters. The maximum absolute atomic E-state index is 13.7. The second kappa shape index (κ2) is 8.73. The van der Waals surface area contributed by atoms with Crippen molar-refractivity contribution in [1.29, 1.82) is 0 Å². The van der Waals surface area contributed by atoms with E-state index in [9.17, 15) is 27.2 Å². The molecule has 32 heavy (non-hydrogen) atoms. The van der Waals surface area contributed by atoms with E-state index in [-0.39, 0.29) is 22.7 Å². The molecule has 2 aromatic rings. The van der Waals surface area contributed by atoms with E-state index in [1.807, 2.05) is 0 Å². The van der Waals surface area contributed by atoms with Gasteiger partial charge in [-0.25, -0.2) is 14.2 Å². The van der Waals surface area contributed by atoms with Crippen molar-refractivity contribution in [3.8, 4) is 5.75 Å². The maximum atomic E-state index is 13.7. The lowest BCUT2D eigenvalue weighted by molar-refractivity contribution is -0.261. The van der Waals surface area contributed by atoms with Crippen molar-refractivity contribution in [2.45, 2.75) is 37.1 Å². The fourth-order valence-corrected chi connectivity index (χ4v) is 3.56. The molecule has 0 bridgehead atoms. The third-order valence-corrected chi connectivity index (χ3v) is 5.24. The van der Waals surface area contributed by atoms with Gasteiger partial charge in [0.25, 0.3) is 5.91 Å². The van der Waals surface area contributed by atoms with Crippen molar-refractivity contribution in [2.75, 3.05) is 19.5 Å². The Bertz CT molecular complexity index is 1030. The number of hydrogen-bond acceptors (Lipinski definition) is 6. The fraction of sp³-hybridized carbons (Fsp3) is 0.381. The Balaban J connectivity index is 1.96. The van der Waals surface area contributed by atoms with Gasteiger partial charge < -0.3 is 19.5 Å². The summed E-state index contributed by atoms with van der Waals surface area (Å²) in [5.74, 6) is -3.36. The summed E-state index contributed by atoms with van der Waals surface area (Å²) in [6.07, 6.45) is -5.68. The molecular formula is C21H20F4N2O5. The number of carbonyl (C=O) groups is 2. The van der Waals surface area contributed by atoms with E-state index < -0.39 is 47.9 Å². The Morgan fingerprint density at radius 3 is 2.56 bits per heavy atom. The molecule has 1 aromatic carbocycles. The van der Waals surface area contributed by atoms with E-state index in [1.165, 1.54) is 31.5 Å². The summed E-state index contributed by atoms with van der Waals surface area (Å²) in [7, 11) is 2.40. The van der Waals surface area contributed by atoms with Crippen LogP contribution in [0.15, 0.2) is 36.5 Å². The number of aromatic nitrogens is 1. The topological polar surface area (TPSA) is 86.8 Å². The first kappa shape index (κ1) is 23.5.